The van der Waals surface area contributed by atoms with Gasteiger partial charge in [-0.1, -0.05) is 32.9 Å². The monoisotopic (exact) mass is 378 g/mol. The normalized spacial score (nSPS) is 12.3. The Morgan fingerprint density at radius 3 is 2.27 bits per heavy atom. The lowest BCUT2D eigenvalue weighted by Crippen LogP contribution is -2.19. The van der Waals surface area contributed by atoms with Gasteiger partial charge >= 0.3 is 0 Å². The van der Waals surface area contributed by atoms with Gasteiger partial charge in [-0.15, -0.1) is 11.3 Å². The first kappa shape index (κ1) is 16.9. The van der Waals surface area contributed by atoms with E-state index in [9.17, 15) is 4.79 Å². The summed E-state index contributed by atoms with van der Waals surface area (Å²) in [6, 6.07) is 11.6. The van der Waals surface area contributed by atoms with E-state index in [0.29, 0.717) is 5.56 Å². The molecule has 1 N–H and O–H groups in total. The Morgan fingerprint density at radius 1 is 1.14 bits per heavy atom. The van der Waals surface area contributed by atoms with Gasteiger partial charge in [-0.05, 0) is 58.1 Å². The van der Waals surface area contributed by atoms with E-state index in [4.69, 9.17) is 0 Å². The van der Waals surface area contributed by atoms with Gasteiger partial charge in [0.15, 0.2) is 0 Å². The van der Waals surface area contributed by atoms with Crippen molar-refractivity contribution in [1.29, 1.82) is 0 Å². The van der Waals surface area contributed by atoms with Crippen molar-refractivity contribution in [1.82, 2.24) is 5.43 Å². The second-order valence-electron chi connectivity index (χ2n) is 6.07. The van der Waals surface area contributed by atoms with Gasteiger partial charge in [0, 0.05) is 5.56 Å². The minimum Gasteiger partial charge on any atom is -0.267 e. The molecule has 0 unspecified atom stereocenters. The molecule has 2 rings (SSSR count). The number of rotatable bonds is 3. The van der Waals surface area contributed by atoms with Crippen molar-refractivity contribution in [2.24, 2.45) is 5.10 Å². The van der Waals surface area contributed by atoms with Gasteiger partial charge in [-0.3, -0.25) is 4.79 Å². The second kappa shape index (κ2) is 6.75. The third-order valence-electron chi connectivity index (χ3n) is 3.27. The van der Waals surface area contributed by atoms with E-state index in [1.807, 2.05) is 43.3 Å². The van der Waals surface area contributed by atoms with Crippen LogP contribution in [0.4, 0.5) is 0 Å². The van der Waals surface area contributed by atoms with Crippen LogP contribution in [-0.2, 0) is 5.41 Å². The molecule has 0 saturated carbocycles. The summed E-state index contributed by atoms with van der Waals surface area (Å²) in [6.07, 6.45) is 0. The predicted molar refractivity (Wildman–Crippen MR) is 96.8 cm³/mol. The predicted octanol–water partition coefficient (Wildman–Crippen LogP) is 4.96. The van der Waals surface area contributed by atoms with Gasteiger partial charge in [0.1, 0.15) is 0 Å². The first-order valence-electron chi connectivity index (χ1n) is 6.98. The van der Waals surface area contributed by atoms with E-state index < -0.39 is 0 Å². The Kier molecular flexibility index (Phi) is 5.19. The molecule has 1 heterocycles. The van der Waals surface area contributed by atoms with Crippen molar-refractivity contribution in [3.05, 3.63) is 56.2 Å². The average molecular weight is 379 g/mol. The highest BCUT2D eigenvalue weighted by molar-refractivity contribution is 9.11. The van der Waals surface area contributed by atoms with Crippen molar-refractivity contribution >= 4 is 38.9 Å². The summed E-state index contributed by atoms with van der Waals surface area (Å²) >= 11 is 5.00. The number of carbonyl (C=O) groups is 1. The average Bonchev–Trinajstić information content (AvgIpc) is 2.90. The maximum atomic E-state index is 12.1. The van der Waals surface area contributed by atoms with Gasteiger partial charge in [0.2, 0.25) is 0 Å². The zero-order valence-corrected chi connectivity index (χ0v) is 15.5. The molecule has 0 spiro atoms. The van der Waals surface area contributed by atoms with Crippen LogP contribution in [0.15, 0.2) is 45.3 Å². The van der Waals surface area contributed by atoms with Crippen LogP contribution in [0.2, 0.25) is 0 Å². The number of nitrogens with zero attached hydrogens (tertiary/aromatic N) is 1. The molecule has 3 nitrogen and oxygen atoms in total. The molecule has 0 radical (unpaired) electrons. The van der Waals surface area contributed by atoms with Gasteiger partial charge in [-0.25, -0.2) is 5.43 Å². The molecule has 0 saturated heterocycles. The number of thiophene rings is 1. The molecule has 0 atom stereocenters. The van der Waals surface area contributed by atoms with Gasteiger partial charge in [0.05, 0.1) is 14.4 Å². The summed E-state index contributed by atoms with van der Waals surface area (Å²) < 4.78 is 1.04. The molecule has 0 fully saturated rings. The number of hydrogen-bond acceptors (Lipinski definition) is 3. The van der Waals surface area contributed by atoms with Crippen LogP contribution in [0.5, 0.6) is 0 Å². The summed E-state index contributed by atoms with van der Waals surface area (Å²) in [4.78, 5) is 13.1. The molecular weight excluding hydrogens is 360 g/mol. The first-order chi connectivity index (χ1) is 10.3. The van der Waals surface area contributed by atoms with Crippen LogP contribution in [-0.4, -0.2) is 11.6 Å². The topological polar surface area (TPSA) is 41.5 Å². The lowest BCUT2D eigenvalue weighted by Gasteiger charge is -2.18. The van der Waals surface area contributed by atoms with E-state index in [0.717, 1.165) is 14.4 Å². The molecule has 0 bridgehead atoms. The van der Waals surface area contributed by atoms with Gasteiger partial charge in [0.25, 0.3) is 5.91 Å². The largest absolute Gasteiger partial charge is 0.271 e. The molecular formula is C17H19BrN2OS. The number of amides is 1. The molecule has 0 aliphatic rings. The molecule has 1 aromatic carbocycles. The SMILES string of the molecule is C/C(=N\NC(=O)c1ccc(C(C)(C)C)cc1)c1ccc(Br)s1. The fourth-order valence-corrected chi connectivity index (χ4v) is 3.22. The maximum absolute atomic E-state index is 12.1. The van der Waals surface area contributed by atoms with E-state index in [-0.39, 0.29) is 11.3 Å². The standard InChI is InChI=1S/C17H19BrN2OS/c1-11(14-9-10-15(18)22-14)19-20-16(21)12-5-7-13(8-6-12)17(2,3)4/h5-10H,1-4H3,(H,20,21)/b19-11+. The van der Waals surface area contributed by atoms with Crippen molar-refractivity contribution in [3.8, 4) is 0 Å². The number of halogens is 1. The quantitative estimate of drug-likeness (QED) is 0.594. The summed E-state index contributed by atoms with van der Waals surface area (Å²) in [5.74, 6) is -0.199. The number of nitrogens with one attached hydrogen (secondary N) is 1. The Morgan fingerprint density at radius 2 is 1.77 bits per heavy atom. The minimum absolute atomic E-state index is 0.0797. The molecule has 5 heteroatoms. The number of benzene rings is 1. The number of hydrogen-bond donors (Lipinski definition) is 1. The first-order valence-corrected chi connectivity index (χ1v) is 8.59. The molecule has 22 heavy (non-hydrogen) atoms. The molecule has 1 aromatic heterocycles. The van der Waals surface area contributed by atoms with Crippen LogP contribution in [0.25, 0.3) is 0 Å². The fraction of sp³-hybridized carbons (Fsp3) is 0.294. The molecule has 1 amide bonds. The Bertz CT molecular complexity index is 696. The maximum Gasteiger partial charge on any atom is 0.271 e. The second-order valence-corrected chi connectivity index (χ2v) is 8.53. The zero-order chi connectivity index (χ0) is 16.3. The van der Waals surface area contributed by atoms with Gasteiger partial charge < -0.3 is 0 Å². The van der Waals surface area contributed by atoms with E-state index in [1.54, 1.807) is 11.3 Å². The third kappa shape index (κ3) is 4.27. The molecule has 116 valence electrons. The van der Waals surface area contributed by atoms with Crippen LogP contribution in [0.3, 0.4) is 0 Å². The van der Waals surface area contributed by atoms with Gasteiger partial charge in [-0.2, -0.15) is 5.10 Å². The van der Waals surface area contributed by atoms with Crippen molar-refractivity contribution < 1.29 is 4.79 Å². The summed E-state index contributed by atoms with van der Waals surface area (Å²) in [7, 11) is 0. The highest BCUT2D eigenvalue weighted by Gasteiger charge is 2.14. The van der Waals surface area contributed by atoms with E-state index in [1.165, 1.54) is 5.56 Å². The molecule has 2 aromatic rings. The Labute approximate surface area is 143 Å². The highest BCUT2D eigenvalue weighted by atomic mass is 79.9. The van der Waals surface area contributed by atoms with Crippen molar-refractivity contribution in [2.75, 3.05) is 0 Å². The van der Waals surface area contributed by atoms with Crippen LogP contribution < -0.4 is 5.43 Å². The number of hydrazone groups is 1. The summed E-state index contributed by atoms with van der Waals surface area (Å²) in [6.45, 7) is 8.32. The Hall–Kier alpha value is -1.46. The third-order valence-corrected chi connectivity index (χ3v) is 5.00. The fourth-order valence-electron chi connectivity index (χ4n) is 1.88. The minimum atomic E-state index is -0.199. The lowest BCUT2D eigenvalue weighted by molar-refractivity contribution is 0.0955. The zero-order valence-electron chi connectivity index (χ0n) is 13.1. The van der Waals surface area contributed by atoms with Crippen molar-refractivity contribution in [3.63, 3.8) is 0 Å². The smallest absolute Gasteiger partial charge is 0.267 e. The highest BCUT2D eigenvalue weighted by Crippen LogP contribution is 2.23. The van der Waals surface area contributed by atoms with Crippen molar-refractivity contribution in [2.45, 2.75) is 33.1 Å². The van der Waals surface area contributed by atoms with Crippen LogP contribution >= 0.6 is 27.3 Å². The lowest BCUT2D eigenvalue weighted by atomic mass is 9.87. The van der Waals surface area contributed by atoms with Crippen LogP contribution in [0, 0.1) is 0 Å². The van der Waals surface area contributed by atoms with E-state index in [2.05, 4.69) is 47.2 Å². The van der Waals surface area contributed by atoms with E-state index >= 15 is 0 Å². The number of carbonyl (C=O) groups excluding carboxylic acids is 1. The Balaban J connectivity index is 2.06. The molecule has 0 aliphatic heterocycles. The molecule has 0 aliphatic carbocycles. The summed E-state index contributed by atoms with van der Waals surface area (Å²) in [5.41, 5.74) is 5.28. The van der Waals surface area contributed by atoms with Crippen LogP contribution in [0.1, 0.15) is 48.5 Å². The summed E-state index contributed by atoms with van der Waals surface area (Å²) in [5, 5.41) is 4.16.